The molecule has 1 aromatic rings. The Labute approximate surface area is 100 Å². The lowest BCUT2D eigenvalue weighted by Gasteiger charge is -2.09. The van der Waals surface area contributed by atoms with Crippen molar-refractivity contribution < 1.29 is 9.90 Å². The van der Waals surface area contributed by atoms with Crippen molar-refractivity contribution in [3.8, 4) is 0 Å². The Bertz CT molecular complexity index is 371. The van der Waals surface area contributed by atoms with Crippen LogP contribution in [0.3, 0.4) is 0 Å². The molecule has 0 amide bonds. The smallest absolute Gasteiger partial charge is 0.358 e. The molecule has 6 nitrogen and oxygen atoms in total. The standard InChI is InChI=1S/C11H18N4O2/c16-11(17)10-8-15(14-13-10)6-5-12-7-9-3-1-2-4-9/h8-9,12H,1-7H2,(H,16,17). The first-order valence-corrected chi connectivity index (χ1v) is 6.10. The van der Waals surface area contributed by atoms with Gasteiger partial charge >= 0.3 is 5.97 Å². The van der Waals surface area contributed by atoms with Crippen LogP contribution in [0.25, 0.3) is 0 Å². The lowest BCUT2D eigenvalue weighted by atomic mass is 10.1. The van der Waals surface area contributed by atoms with E-state index in [1.807, 2.05) is 0 Å². The molecule has 1 heterocycles. The summed E-state index contributed by atoms with van der Waals surface area (Å²) in [5, 5.41) is 19.4. The van der Waals surface area contributed by atoms with Crippen LogP contribution in [0.5, 0.6) is 0 Å². The molecule has 6 heteroatoms. The Morgan fingerprint density at radius 3 is 2.94 bits per heavy atom. The van der Waals surface area contributed by atoms with Crippen molar-refractivity contribution in [2.45, 2.75) is 32.2 Å². The van der Waals surface area contributed by atoms with Gasteiger partial charge in [0.1, 0.15) is 0 Å². The zero-order chi connectivity index (χ0) is 12.1. The maximum Gasteiger partial charge on any atom is 0.358 e. The first-order chi connectivity index (χ1) is 8.25. The quantitative estimate of drug-likeness (QED) is 0.715. The summed E-state index contributed by atoms with van der Waals surface area (Å²) in [6, 6.07) is 0. The molecule has 0 spiro atoms. The average molecular weight is 238 g/mol. The molecule has 1 fully saturated rings. The molecule has 0 aliphatic heterocycles. The van der Waals surface area contributed by atoms with E-state index in [0.717, 1.165) is 19.0 Å². The van der Waals surface area contributed by atoms with Crippen molar-refractivity contribution in [2.24, 2.45) is 5.92 Å². The van der Waals surface area contributed by atoms with Gasteiger partial charge in [0.05, 0.1) is 12.7 Å². The van der Waals surface area contributed by atoms with Crippen molar-refractivity contribution in [3.63, 3.8) is 0 Å². The van der Waals surface area contributed by atoms with Gasteiger partial charge in [-0.2, -0.15) is 0 Å². The highest BCUT2D eigenvalue weighted by atomic mass is 16.4. The first-order valence-electron chi connectivity index (χ1n) is 6.10. The number of rotatable bonds is 6. The summed E-state index contributed by atoms with van der Waals surface area (Å²) in [4.78, 5) is 10.6. The maximum absolute atomic E-state index is 10.6. The van der Waals surface area contributed by atoms with Crippen LogP contribution >= 0.6 is 0 Å². The average Bonchev–Trinajstić information content (AvgIpc) is 2.96. The van der Waals surface area contributed by atoms with Gasteiger partial charge < -0.3 is 10.4 Å². The Morgan fingerprint density at radius 1 is 1.53 bits per heavy atom. The highest BCUT2D eigenvalue weighted by molar-refractivity contribution is 5.84. The molecule has 0 radical (unpaired) electrons. The predicted molar refractivity (Wildman–Crippen MR) is 61.8 cm³/mol. The van der Waals surface area contributed by atoms with Gasteiger partial charge in [-0.25, -0.2) is 4.79 Å². The normalized spacial score (nSPS) is 16.5. The SMILES string of the molecule is O=C(O)c1cn(CCNCC2CCCC2)nn1. The first kappa shape index (κ1) is 12.0. The second-order valence-electron chi connectivity index (χ2n) is 4.53. The van der Waals surface area contributed by atoms with E-state index >= 15 is 0 Å². The third-order valence-electron chi connectivity index (χ3n) is 3.18. The monoisotopic (exact) mass is 238 g/mol. The number of aromatic nitrogens is 3. The minimum atomic E-state index is -1.03. The number of hydrogen-bond acceptors (Lipinski definition) is 4. The minimum absolute atomic E-state index is 0.000734. The fraction of sp³-hybridized carbons (Fsp3) is 0.727. The highest BCUT2D eigenvalue weighted by Crippen LogP contribution is 2.23. The number of carboxylic acids is 1. The van der Waals surface area contributed by atoms with E-state index in [-0.39, 0.29) is 5.69 Å². The molecule has 1 saturated carbocycles. The van der Waals surface area contributed by atoms with Crippen LogP contribution in [0.15, 0.2) is 6.20 Å². The summed E-state index contributed by atoms with van der Waals surface area (Å²) in [6.45, 7) is 2.52. The second-order valence-corrected chi connectivity index (χ2v) is 4.53. The molecule has 94 valence electrons. The summed E-state index contributed by atoms with van der Waals surface area (Å²) in [5.41, 5.74) is 0.000734. The fourth-order valence-electron chi connectivity index (χ4n) is 2.22. The van der Waals surface area contributed by atoms with Gasteiger partial charge in [-0.3, -0.25) is 4.68 Å². The number of aromatic carboxylic acids is 1. The maximum atomic E-state index is 10.6. The Hall–Kier alpha value is -1.43. The molecule has 2 N–H and O–H groups in total. The molecule has 0 saturated heterocycles. The van der Waals surface area contributed by atoms with Gasteiger partial charge in [-0.05, 0) is 25.3 Å². The van der Waals surface area contributed by atoms with Crippen molar-refractivity contribution in [1.82, 2.24) is 20.3 Å². The topological polar surface area (TPSA) is 80.0 Å². The van der Waals surface area contributed by atoms with Gasteiger partial charge in [0.15, 0.2) is 5.69 Å². The summed E-state index contributed by atoms with van der Waals surface area (Å²) in [7, 11) is 0. The molecule has 0 aromatic carbocycles. The van der Waals surface area contributed by atoms with E-state index < -0.39 is 5.97 Å². The van der Waals surface area contributed by atoms with E-state index in [0.29, 0.717) is 6.54 Å². The molecule has 0 unspecified atom stereocenters. The molecule has 0 atom stereocenters. The zero-order valence-electron chi connectivity index (χ0n) is 9.80. The van der Waals surface area contributed by atoms with Crippen molar-refractivity contribution in [3.05, 3.63) is 11.9 Å². The third-order valence-corrected chi connectivity index (χ3v) is 3.18. The lowest BCUT2D eigenvalue weighted by molar-refractivity contribution is 0.0690. The van der Waals surface area contributed by atoms with E-state index in [1.165, 1.54) is 31.9 Å². The number of carboxylic acid groups (broad SMARTS) is 1. The van der Waals surface area contributed by atoms with Crippen LogP contribution in [0.1, 0.15) is 36.2 Å². The molecular weight excluding hydrogens is 220 g/mol. The predicted octanol–water partition coefficient (Wildman–Crippen LogP) is 0.756. The number of carbonyl (C=O) groups is 1. The minimum Gasteiger partial charge on any atom is -0.476 e. The van der Waals surface area contributed by atoms with Crippen LogP contribution < -0.4 is 5.32 Å². The summed E-state index contributed by atoms with van der Waals surface area (Å²) in [6.07, 6.45) is 6.84. The zero-order valence-corrected chi connectivity index (χ0v) is 9.80. The van der Waals surface area contributed by atoms with E-state index in [9.17, 15) is 4.79 Å². The molecule has 0 bridgehead atoms. The second kappa shape index (κ2) is 5.77. The Balaban J connectivity index is 1.65. The molecule has 1 aliphatic carbocycles. The molecule has 2 rings (SSSR count). The number of nitrogens with zero attached hydrogens (tertiary/aromatic N) is 3. The Kier molecular flexibility index (Phi) is 4.08. The van der Waals surface area contributed by atoms with E-state index in [2.05, 4.69) is 15.6 Å². The van der Waals surface area contributed by atoms with E-state index in [1.54, 1.807) is 4.68 Å². The van der Waals surface area contributed by atoms with Gasteiger partial charge in [0.25, 0.3) is 0 Å². The molecule has 1 aromatic heterocycles. The fourth-order valence-corrected chi connectivity index (χ4v) is 2.22. The summed E-state index contributed by atoms with van der Waals surface area (Å²) >= 11 is 0. The number of nitrogens with one attached hydrogen (secondary N) is 1. The van der Waals surface area contributed by atoms with Gasteiger partial charge in [0, 0.05) is 6.54 Å². The van der Waals surface area contributed by atoms with Crippen molar-refractivity contribution in [1.29, 1.82) is 0 Å². The van der Waals surface area contributed by atoms with Crippen LogP contribution in [0, 0.1) is 5.92 Å². The Morgan fingerprint density at radius 2 is 2.29 bits per heavy atom. The van der Waals surface area contributed by atoms with Crippen LogP contribution in [-0.4, -0.2) is 39.2 Å². The molecule has 1 aliphatic rings. The summed E-state index contributed by atoms with van der Waals surface area (Å²) < 4.78 is 1.56. The molecular formula is C11H18N4O2. The van der Waals surface area contributed by atoms with E-state index in [4.69, 9.17) is 5.11 Å². The third kappa shape index (κ3) is 3.52. The van der Waals surface area contributed by atoms with Gasteiger partial charge in [-0.15, -0.1) is 5.10 Å². The van der Waals surface area contributed by atoms with Crippen molar-refractivity contribution >= 4 is 5.97 Å². The van der Waals surface area contributed by atoms with Crippen LogP contribution in [0.4, 0.5) is 0 Å². The summed E-state index contributed by atoms with van der Waals surface area (Å²) in [5.74, 6) is -0.213. The number of hydrogen-bond donors (Lipinski definition) is 2. The van der Waals surface area contributed by atoms with Crippen LogP contribution in [0.2, 0.25) is 0 Å². The van der Waals surface area contributed by atoms with Gasteiger partial charge in [-0.1, -0.05) is 18.1 Å². The van der Waals surface area contributed by atoms with Crippen LogP contribution in [-0.2, 0) is 6.54 Å². The van der Waals surface area contributed by atoms with Gasteiger partial charge in [0.2, 0.25) is 0 Å². The largest absolute Gasteiger partial charge is 0.476 e. The highest BCUT2D eigenvalue weighted by Gasteiger charge is 2.14. The van der Waals surface area contributed by atoms with Crippen molar-refractivity contribution in [2.75, 3.05) is 13.1 Å². The molecule has 17 heavy (non-hydrogen) atoms. The lowest BCUT2D eigenvalue weighted by Crippen LogP contribution is -2.25.